The smallest absolute Gasteiger partial charge is 0.230 e. The van der Waals surface area contributed by atoms with Crippen molar-refractivity contribution in [2.24, 2.45) is 0 Å². The summed E-state index contributed by atoms with van der Waals surface area (Å²) in [6, 6.07) is 9.78. The van der Waals surface area contributed by atoms with Crippen LogP contribution < -0.4 is 10.1 Å². The minimum atomic E-state index is -0.498. The lowest BCUT2D eigenvalue weighted by Gasteiger charge is -2.05. The van der Waals surface area contributed by atoms with Crippen LogP contribution in [0.5, 0.6) is 5.75 Å². The Morgan fingerprint density at radius 1 is 1.39 bits per heavy atom. The highest BCUT2D eigenvalue weighted by Gasteiger charge is 2.14. The number of carbonyl (C=O) groups excluding carboxylic acids is 1. The fraction of sp³-hybridized carbons (Fsp3) is 0.125. The standard InChI is InChI=1S/C16H12ClFN2O2S/c1-22-9-5-6-13-14(7-9)23-16(19-13)20-15(21)8-10-11(17)3-2-4-12(10)18/h2-7H,8H2,1H3,(H,19,20,21). The molecule has 4 nitrogen and oxygen atoms in total. The van der Waals surface area contributed by atoms with Crippen LogP contribution in [0.4, 0.5) is 9.52 Å². The van der Waals surface area contributed by atoms with Crippen LogP contribution in [0.2, 0.25) is 5.02 Å². The number of rotatable bonds is 4. The molecule has 118 valence electrons. The average molecular weight is 351 g/mol. The first-order valence-corrected chi connectivity index (χ1v) is 7.93. The second-order valence-corrected chi connectivity index (χ2v) is 6.22. The maximum absolute atomic E-state index is 13.7. The number of nitrogens with zero attached hydrogens (tertiary/aromatic N) is 1. The van der Waals surface area contributed by atoms with Gasteiger partial charge in [-0.3, -0.25) is 4.79 Å². The maximum atomic E-state index is 13.7. The van der Waals surface area contributed by atoms with E-state index in [0.29, 0.717) is 5.13 Å². The van der Waals surface area contributed by atoms with Crippen molar-refractivity contribution < 1.29 is 13.9 Å². The van der Waals surface area contributed by atoms with Gasteiger partial charge < -0.3 is 10.1 Å². The van der Waals surface area contributed by atoms with Crippen molar-refractivity contribution in [3.8, 4) is 5.75 Å². The number of ether oxygens (including phenoxy) is 1. The molecule has 0 unspecified atom stereocenters. The monoisotopic (exact) mass is 350 g/mol. The van der Waals surface area contributed by atoms with Gasteiger partial charge in [0.15, 0.2) is 5.13 Å². The van der Waals surface area contributed by atoms with Gasteiger partial charge in [0.05, 0.1) is 23.7 Å². The van der Waals surface area contributed by atoms with Crippen molar-refractivity contribution in [1.29, 1.82) is 0 Å². The number of fused-ring (bicyclic) bond motifs is 1. The molecule has 0 saturated heterocycles. The Bertz CT molecular complexity index is 861. The molecule has 3 aromatic rings. The van der Waals surface area contributed by atoms with E-state index >= 15 is 0 Å². The van der Waals surface area contributed by atoms with E-state index < -0.39 is 5.82 Å². The minimum absolute atomic E-state index is 0.148. The molecule has 0 fully saturated rings. The molecule has 1 heterocycles. The molecule has 2 aromatic carbocycles. The van der Waals surface area contributed by atoms with Gasteiger partial charge >= 0.3 is 0 Å². The number of hydrogen-bond acceptors (Lipinski definition) is 4. The van der Waals surface area contributed by atoms with Crippen molar-refractivity contribution >= 4 is 44.2 Å². The minimum Gasteiger partial charge on any atom is -0.497 e. The van der Waals surface area contributed by atoms with Crippen LogP contribution in [0.15, 0.2) is 36.4 Å². The van der Waals surface area contributed by atoms with Gasteiger partial charge in [0.1, 0.15) is 11.6 Å². The summed E-state index contributed by atoms with van der Waals surface area (Å²) in [5.41, 5.74) is 0.935. The first-order valence-electron chi connectivity index (χ1n) is 6.74. The van der Waals surface area contributed by atoms with Gasteiger partial charge in [-0.2, -0.15) is 0 Å². The molecule has 0 aliphatic heterocycles. The van der Waals surface area contributed by atoms with Crippen LogP contribution in [0.1, 0.15) is 5.56 Å². The van der Waals surface area contributed by atoms with E-state index in [-0.39, 0.29) is 22.9 Å². The summed E-state index contributed by atoms with van der Waals surface area (Å²) in [5, 5.41) is 3.35. The zero-order valence-electron chi connectivity index (χ0n) is 12.1. The molecule has 0 spiro atoms. The maximum Gasteiger partial charge on any atom is 0.230 e. The van der Waals surface area contributed by atoms with E-state index in [2.05, 4.69) is 10.3 Å². The van der Waals surface area contributed by atoms with Crippen molar-refractivity contribution in [2.45, 2.75) is 6.42 Å². The number of amides is 1. The molecular formula is C16H12ClFN2O2S. The number of hydrogen-bond donors (Lipinski definition) is 1. The fourth-order valence-corrected chi connectivity index (χ4v) is 3.25. The highest BCUT2D eigenvalue weighted by atomic mass is 35.5. The number of methoxy groups -OCH3 is 1. The molecule has 7 heteroatoms. The predicted octanol–water partition coefficient (Wildman–Crippen LogP) is 4.28. The lowest BCUT2D eigenvalue weighted by atomic mass is 10.1. The third-order valence-corrected chi connectivity index (χ3v) is 4.53. The molecule has 1 aromatic heterocycles. The average Bonchev–Trinajstić information content (AvgIpc) is 2.92. The van der Waals surface area contributed by atoms with Crippen LogP contribution in [-0.4, -0.2) is 18.0 Å². The Morgan fingerprint density at radius 3 is 2.96 bits per heavy atom. The van der Waals surface area contributed by atoms with Gasteiger partial charge in [-0.25, -0.2) is 9.37 Å². The highest BCUT2D eigenvalue weighted by Crippen LogP contribution is 2.29. The zero-order valence-corrected chi connectivity index (χ0v) is 13.7. The zero-order chi connectivity index (χ0) is 16.4. The summed E-state index contributed by atoms with van der Waals surface area (Å²) in [6.45, 7) is 0. The van der Waals surface area contributed by atoms with E-state index in [4.69, 9.17) is 16.3 Å². The number of carbonyl (C=O) groups is 1. The summed E-state index contributed by atoms with van der Waals surface area (Å²) < 4.78 is 19.8. The van der Waals surface area contributed by atoms with Crippen LogP contribution in [0.3, 0.4) is 0 Å². The van der Waals surface area contributed by atoms with Gasteiger partial charge in [-0.05, 0) is 30.3 Å². The van der Waals surface area contributed by atoms with E-state index in [1.54, 1.807) is 19.2 Å². The normalized spacial score (nSPS) is 10.7. The van der Waals surface area contributed by atoms with Crippen molar-refractivity contribution in [3.63, 3.8) is 0 Å². The molecule has 0 aliphatic carbocycles. The molecular weight excluding hydrogens is 339 g/mol. The number of anilines is 1. The lowest BCUT2D eigenvalue weighted by Crippen LogP contribution is -2.15. The van der Waals surface area contributed by atoms with Gasteiger partial charge in [0.2, 0.25) is 5.91 Å². The topological polar surface area (TPSA) is 51.2 Å². The largest absolute Gasteiger partial charge is 0.497 e. The molecule has 0 atom stereocenters. The van der Waals surface area contributed by atoms with Crippen LogP contribution in [0, 0.1) is 5.82 Å². The van der Waals surface area contributed by atoms with Gasteiger partial charge in [-0.1, -0.05) is 29.0 Å². The number of aromatic nitrogens is 1. The van der Waals surface area contributed by atoms with Crippen LogP contribution >= 0.6 is 22.9 Å². The number of thiazole rings is 1. The number of nitrogens with one attached hydrogen (secondary N) is 1. The molecule has 0 saturated carbocycles. The SMILES string of the molecule is COc1ccc2nc(NC(=O)Cc3c(F)cccc3Cl)sc2c1. The number of benzene rings is 2. The van der Waals surface area contributed by atoms with Gasteiger partial charge in [0, 0.05) is 10.6 Å². The molecule has 23 heavy (non-hydrogen) atoms. The number of halogens is 2. The summed E-state index contributed by atoms with van der Waals surface area (Å²) >= 11 is 7.25. The van der Waals surface area contributed by atoms with E-state index in [1.165, 1.54) is 23.5 Å². The first kappa shape index (κ1) is 15.7. The molecule has 1 N–H and O–H groups in total. The molecule has 0 bridgehead atoms. The first-order chi connectivity index (χ1) is 11.1. The van der Waals surface area contributed by atoms with Crippen molar-refractivity contribution in [3.05, 3.63) is 52.8 Å². The quantitative estimate of drug-likeness (QED) is 0.764. The Labute approximate surface area is 140 Å². The van der Waals surface area contributed by atoms with Gasteiger partial charge in [0.25, 0.3) is 0 Å². The third-order valence-electron chi connectivity index (χ3n) is 3.24. The Hall–Kier alpha value is -2.18. The Morgan fingerprint density at radius 2 is 2.22 bits per heavy atom. The fourth-order valence-electron chi connectivity index (χ4n) is 2.11. The van der Waals surface area contributed by atoms with Gasteiger partial charge in [-0.15, -0.1) is 0 Å². The van der Waals surface area contributed by atoms with E-state index in [1.807, 2.05) is 12.1 Å². The second kappa shape index (κ2) is 6.52. The molecule has 1 amide bonds. The summed E-state index contributed by atoms with van der Waals surface area (Å²) in [7, 11) is 1.59. The highest BCUT2D eigenvalue weighted by molar-refractivity contribution is 7.22. The summed E-state index contributed by atoms with van der Waals surface area (Å²) in [5.74, 6) is -0.151. The van der Waals surface area contributed by atoms with E-state index in [9.17, 15) is 9.18 Å². The lowest BCUT2D eigenvalue weighted by molar-refractivity contribution is -0.115. The summed E-state index contributed by atoms with van der Waals surface area (Å²) in [6.07, 6.45) is -0.148. The van der Waals surface area contributed by atoms with Crippen molar-refractivity contribution in [1.82, 2.24) is 4.98 Å². The Balaban J connectivity index is 1.77. The predicted molar refractivity (Wildman–Crippen MR) is 89.9 cm³/mol. The molecule has 0 radical (unpaired) electrons. The third kappa shape index (κ3) is 3.43. The molecule has 0 aliphatic rings. The van der Waals surface area contributed by atoms with Crippen LogP contribution in [0.25, 0.3) is 10.2 Å². The second-order valence-electron chi connectivity index (χ2n) is 4.78. The Kier molecular flexibility index (Phi) is 4.45. The molecule has 3 rings (SSSR count). The van der Waals surface area contributed by atoms with E-state index in [0.717, 1.165) is 16.0 Å². The van der Waals surface area contributed by atoms with Crippen LogP contribution in [-0.2, 0) is 11.2 Å². The van der Waals surface area contributed by atoms with Crippen molar-refractivity contribution in [2.75, 3.05) is 12.4 Å². The summed E-state index contributed by atoms with van der Waals surface area (Å²) in [4.78, 5) is 16.4.